The van der Waals surface area contributed by atoms with E-state index in [0.717, 1.165) is 26.5 Å². The van der Waals surface area contributed by atoms with Crippen LogP contribution in [0.1, 0.15) is 97.5 Å². The number of nitrogens with two attached hydrogens (primary N) is 1. The van der Waals surface area contributed by atoms with Gasteiger partial charge in [0, 0.05) is 59.9 Å². The van der Waals surface area contributed by atoms with Gasteiger partial charge in [-0.25, -0.2) is 0 Å². The van der Waals surface area contributed by atoms with Crippen LogP contribution < -0.4 is 5.73 Å². The van der Waals surface area contributed by atoms with Crippen molar-refractivity contribution >= 4 is 89.1 Å². The number of halogens is 3. The van der Waals surface area contributed by atoms with E-state index in [9.17, 15) is 49.5 Å². The number of fused-ring (bicyclic) bond motifs is 1. The lowest BCUT2D eigenvalue weighted by atomic mass is 9.96. The zero-order valence-electron chi connectivity index (χ0n) is 55.9. The number of phenolic OH excluding ortho intramolecular Hbond substituents is 6. The van der Waals surface area contributed by atoms with Gasteiger partial charge in [-0.05, 0) is 192 Å². The topological polar surface area (TPSA) is 514 Å². The number of hydrogen-bond acceptors (Lipinski definition) is 25. The third kappa shape index (κ3) is 18.8. The van der Waals surface area contributed by atoms with Crippen LogP contribution in [0.4, 0.5) is 0 Å². The number of carbonyl (C=O) groups is 5. The lowest BCUT2D eigenvalue weighted by Crippen LogP contribution is -2.11. The van der Waals surface area contributed by atoms with Crippen molar-refractivity contribution < 1.29 is 54.6 Å². The van der Waals surface area contributed by atoms with Crippen LogP contribution in [0.15, 0.2) is 179 Å². The number of carbonyl (C=O) groups excluding carboxylic acids is 5. The summed E-state index contributed by atoms with van der Waals surface area (Å²) in [5, 5.41) is 131. The molecule has 0 unspecified atom stereocenters. The molecule has 34 heteroatoms. The molecule has 5 aromatic heterocycles. The van der Waals surface area contributed by atoms with Crippen molar-refractivity contribution in [1.82, 2.24) is 87.5 Å². The molecule has 0 aliphatic carbocycles. The minimum atomic E-state index is -0.246. The summed E-state index contributed by atoms with van der Waals surface area (Å²) in [7, 11) is 0. The van der Waals surface area contributed by atoms with Gasteiger partial charge >= 0.3 is 0 Å². The molecule has 0 bridgehead atoms. The number of tetrazole rings is 4. The number of nitrogen functional groups attached to an aromatic ring is 1. The largest absolute Gasteiger partial charge is 0.507 e. The fourth-order valence-corrected chi connectivity index (χ4v) is 11.0. The third-order valence-electron chi connectivity index (χ3n) is 15.1. The Morgan fingerprint density at radius 3 is 1.29 bits per heavy atom. The normalized spacial score (nSPS) is 10.4. The Bertz CT molecular complexity index is 5590. The Kier molecular flexibility index (Phi) is 25.0. The molecule has 0 spiro atoms. The summed E-state index contributed by atoms with van der Waals surface area (Å²) in [6, 6.07) is 49.7. The van der Waals surface area contributed by atoms with Crippen LogP contribution in [0.3, 0.4) is 0 Å². The van der Waals surface area contributed by atoms with E-state index in [0.29, 0.717) is 94.1 Å². The van der Waals surface area contributed by atoms with E-state index in [1.807, 2.05) is 78.9 Å². The number of phenols is 6. The van der Waals surface area contributed by atoms with Crippen molar-refractivity contribution in [3.05, 3.63) is 223 Å². The summed E-state index contributed by atoms with van der Waals surface area (Å²) in [4.78, 5) is 59.2. The highest BCUT2D eigenvalue weighted by atomic mass is 79.9. The SMILES string of the molecule is CC(=O)c1cc(-c2nn[nH]n2)cc(-c2ccccc2)c1O.CC(=O)c1cc(-c2nn[nH]n2)cc(Br)c1O.CC(=O)c1cc(-c2nn[nH]n2)ccc1O.CC(=O)c1cc(Br)ccc1O.CC(=O)c1cc(C#N)ccc1O.N=C(N)c1cc2cc(-c3cc(-c4nn[nH]n4)cc(-c4ccccc4)c3O)[nH]c2cc1Cl. The lowest BCUT2D eigenvalue weighted by molar-refractivity contribution is 0.100. The van der Waals surface area contributed by atoms with E-state index in [2.05, 4.69) is 119 Å². The summed E-state index contributed by atoms with van der Waals surface area (Å²) in [6.45, 7) is 6.93. The highest BCUT2D eigenvalue weighted by Crippen LogP contribution is 2.43. The van der Waals surface area contributed by atoms with E-state index in [-0.39, 0.29) is 91.5 Å². The molecule has 0 radical (unpaired) electrons. The number of aromatic hydroxyl groups is 6. The minimum Gasteiger partial charge on any atom is -0.507 e. The van der Waals surface area contributed by atoms with Gasteiger partial charge in [0.05, 0.1) is 54.6 Å². The first-order chi connectivity index (χ1) is 50.7. The monoisotopic (exact) mass is 1570 g/mol. The number of hydrogen-bond donors (Lipinski definition) is 13. The predicted molar refractivity (Wildman–Crippen MR) is 396 cm³/mol. The molecule has 0 saturated heterocycles. The molecule has 14 rings (SSSR count). The second-order valence-corrected chi connectivity index (χ2v) is 24.6. The number of ketones is 5. The molecule has 0 fully saturated rings. The average Bonchev–Trinajstić information content (AvgIpc) is 1.53. The molecule has 106 heavy (non-hydrogen) atoms. The Morgan fingerprint density at radius 2 is 0.840 bits per heavy atom. The molecule has 5 heterocycles. The molecule has 14 aromatic rings. The molecule has 9 aromatic carbocycles. The van der Waals surface area contributed by atoms with E-state index in [1.165, 1.54) is 77.1 Å². The number of benzene rings is 9. The van der Waals surface area contributed by atoms with Gasteiger partial charge in [-0.2, -0.15) is 26.1 Å². The van der Waals surface area contributed by atoms with E-state index >= 15 is 0 Å². The van der Waals surface area contributed by atoms with Crippen molar-refractivity contribution in [3.8, 4) is 120 Å². The third-order valence-corrected chi connectivity index (χ3v) is 16.5. The number of nitrogens with zero attached hydrogens (tertiary/aromatic N) is 13. The molecule has 532 valence electrons. The molecule has 14 N–H and O–H groups in total. The quantitative estimate of drug-likeness (QED) is 0.0290. The fourth-order valence-electron chi connectivity index (χ4n) is 9.95. The zero-order chi connectivity index (χ0) is 76.5. The van der Waals surface area contributed by atoms with Gasteiger partial charge < -0.3 is 41.4 Å². The smallest absolute Gasteiger partial charge is 0.204 e. The molecule has 0 amide bonds. The highest BCUT2D eigenvalue weighted by molar-refractivity contribution is 9.10. The summed E-state index contributed by atoms with van der Waals surface area (Å²) < 4.78 is 1.21. The molecular weight excluding hydrogens is 1520 g/mol. The molecule has 0 saturated carbocycles. The van der Waals surface area contributed by atoms with Crippen LogP contribution in [0.5, 0.6) is 34.5 Å². The Balaban J connectivity index is 0.000000153. The highest BCUT2D eigenvalue weighted by Gasteiger charge is 2.21. The van der Waals surface area contributed by atoms with E-state index < -0.39 is 0 Å². The second-order valence-electron chi connectivity index (χ2n) is 22.4. The molecule has 0 atom stereocenters. The maximum atomic E-state index is 11.7. The first-order valence-electron chi connectivity index (χ1n) is 30.8. The first kappa shape index (κ1) is 76.3. The number of Topliss-reactive ketones (excluding diaryl/α,β-unsaturated/α-hetero) is 5. The number of rotatable bonds is 13. The maximum Gasteiger partial charge on any atom is 0.204 e. The number of H-pyrrole nitrogens is 5. The van der Waals surface area contributed by atoms with Crippen LogP contribution in [-0.4, -0.2) is 153 Å². The zero-order valence-corrected chi connectivity index (χ0v) is 59.8. The Labute approximate surface area is 621 Å². The average molecular weight is 1570 g/mol. The van der Waals surface area contributed by atoms with Gasteiger partial charge in [0.25, 0.3) is 0 Å². The molecule has 31 nitrogen and oxygen atoms in total. The first-order valence-corrected chi connectivity index (χ1v) is 32.8. The number of aromatic nitrogens is 17. The van der Waals surface area contributed by atoms with Gasteiger partial charge in [0.1, 0.15) is 40.3 Å². The van der Waals surface area contributed by atoms with Gasteiger partial charge in [0.15, 0.2) is 28.9 Å². The summed E-state index contributed by atoms with van der Waals surface area (Å²) in [5.74, 6) is 0.264. The van der Waals surface area contributed by atoms with E-state index in [4.69, 9.17) is 33.1 Å². The van der Waals surface area contributed by atoms with Crippen LogP contribution in [0.25, 0.3) is 90.0 Å². The van der Waals surface area contributed by atoms with Crippen molar-refractivity contribution in [2.24, 2.45) is 5.73 Å². The fraction of sp³-hybridized carbons (Fsp3) is 0.0694. The van der Waals surface area contributed by atoms with Crippen molar-refractivity contribution in [1.29, 1.82) is 10.7 Å². The number of aromatic amines is 5. The summed E-state index contributed by atoms with van der Waals surface area (Å²) in [5.41, 5.74) is 15.1. The summed E-state index contributed by atoms with van der Waals surface area (Å²) >= 11 is 12.6. The van der Waals surface area contributed by atoms with Gasteiger partial charge in [-0.1, -0.05) is 88.2 Å². The number of nitriles is 1. The maximum absolute atomic E-state index is 11.7. The van der Waals surface area contributed by atoms with E-state index in [1.54, 1.807) is 54.6 Å². The van der Waals surface area contributed by atoms with Crippen molar-refractivity contribution in [3.63, 3.8) is 0 Å². The number of amidine groups is 1. The van der Waals surface area contributed by atoms with Gasteiger partial charge in [-0.3, -0.25) is 29.4 Å². The number of nitrogens with one attached hydrogen (secondary N) is 6. The Hall–Kier alpha value is -13.8. The van der Waals surface area contributed by atoms with Crippen LogP contribution >= 0.6 is 43.5 Å². The molecule has 0 aliphatic heterocycles. The predicted octanol–water partition coefficient (Wildman–Crippen LogP) is 12.9. The Morgan fingerprint density at radius 1 is 0.434 bits per heavy atom. The van der Waals surface area contributed by atoms with Crippen molar-refractivity contribution in [2.75, 3.05) is 0 Å². The lowest BCUT2D eigenvalue weighted by Gasteiger charge is -2.11. The molecular formula is C72H57Br2ClN20O11. The van der Waals surface area contributed by atoms with Gasteiger partial charge in [0.2, 0.25) is 23.3 Å². The van der Waals surface area contributed by atoms with Crippen LogP contribution in [0.2, 0.25) is 5.02 Å². The van der Waals surface area contributed by atoms with Crippen molar-refractivity contribution in [2.45, 2.75) is 34.6 Å². The second kappa shape index (κ2) is 34.7. The molecule has 0 aliphatic rings. The van der Waals surface area contributed by atoms with Crippen LogP contribution in [0, 0.1) is 16.7 Å². The standard InChI is InChI=1S/C22H16ClN7O.C15H12N4O2.C9H7BrN4O2.C9H8N4O2.C9H7NO2.C8H7BrO2/c23-17-10-18-12(6-15(17)21(24)25)9-19(26-18)16-8-13(22-27-29-30-28-22)7-14(20(16)31)11-4-2-1-3-5-11;1-9(20)12-7-11(15-16-18-19-17-15)8-13(14(12)21)10-5-3-2-4-6-10;1-4(15)6-2-5(3-7(10)8(6)16)9-11-13-14-12-9;1-5(14)7-4-6(2-3-8(7)15)9-10-12-13-11-9;1-6(11)8-4-7(5-10)2-3-9(8)12;1-5(10)7-4-6(9)2-3-8(7)11/h1-10,26,31H,(H3,24,25)(H,27,28,29,30);2-8,21H,1H3,(H,16,17,18,19);2-3,16H,1H3,(H,11,12,13,14);2-4,15H,1H3,(H,10,11,12,13);2-4,12H,1H3;2-4,11H,1H3. The summed E-state index contributed by atoms with van der Waals surface area (Å²) in [6.07, 6.45) is 0. The van der Waals surface area contributed by atoms with Gasteiger partial charge in [-0.15, -0.1) is 40.8 Å². The minimum absolute atomic E-state index is 0.0284. The van der Waals surface area contributed by atoms with Crippen LogP contribution in [-0.2, 0) is 0 Å².